The quantitative estimate of drug-likeness (QED) is 0.715. The van der Waals surface area contributed by atoms with Crippen molar-refractivity contribution in [1.29, 1.82) is 0 Å². The molecule has 126 valence electrons. The van der Waals surface area contributed by atoms with Crippen LogP contribution in [-0.4, -0.2) is 11.8 Å². The van der Waals surface area contributed by atoms with E-state index in [1.807, 2.05) is 36.4 Å². The van der Waals surface area contributed by atoms with Gasteiger partial charge in [0.15, 0.2) is 0 Å². The van der Waals surface area contributed by atoms with Crippen LogP contribution in [-0.2, 0) is 9.59 Å². The Kier molecular flexibility index (Phi) is 4.75. The third-order valence-corrected chi connectivity index (χ3v) is 3.96. The van der Waals surface area contributed by atoms with Gasteiger partial charge in [-0.3, -0.25) is 9.59 Å². The van der Waals surface area contributed by atoms with Crippen LogP contribution in [0.25, 0.3) is 10.8 Å². The summed E-state index contributed by atoms with van der Waals surface area (Å²) in [6, 6.07) is 18.4. The minimum atomic E-state index is -0.746. The molecule has 0 unspecified atom stereocenters. The highest BCUT2D eigenvalue weighted by Crippen LogP contribution is 2.22. The zero-order chi connectivity index (χ0) is 17.8. The zero-order valence-electron chi connectivity index (χ0n) is 13.6. The molecule has 0 spiro atoms. The van der Waals surface area contributed by atoms with Gasteiger partial charge in [0.2, 0.25) is 0 Å². The lowest BCUT2D eigenvalue weighted by molar-refractivity contribution is -0.136. The van der Waals surface area contributed by atoms with E-state index in [1.165, 1.54) is 12.1 Å². The molecule has 0 aliphatic carbocycles. The monoisotopic (exact) mass is 336 g/mol. The zero-order valence-corrected chi connectivity index (χ0v) is 13.6. The van der Waals surface area contributed by atoms with Crippen LogP contribution >= 0.6 is 0 Å². The van der Waals surface area contributed by atoms with Crippen molar-refractivity contribution >= 4 is 28.3 Å². The molecule has 0 radical (unpaired) electrons. The first kappa shape index (κ1) is 16.6. The van der Waals surface area contributed by atoms with Gasteiger partial charge in [0.1, 0.15) is 5.82 Å². The van der Waals surface area contributed by atoms with Crippen LogP contribution in [0.2, 0.25) is 0 Å². The molecule has 0 aromatic heterocycles. The SMILES string of the molecule is C[C@@H](NC(=O)C(=O)Nc1cccc2ccccc12)c1ccc(F)cc1. The number of hydrogen-bond donors (Lipinski definition) is 2. The molecule has 2 amide bonds. The maximum atomic E-state index is 13.0. The molecule has 0 aliphatic rings. The number of anilines is 1. The fourth-order valence-electron chi connectivity index (χ4n) is 2.61. The van der Waals surface area contributed by atoms with Crippen LogP contribution in [0.15, 0.2) is 66.7 Å². The van der Waals surface area contributed by atoms with E-state index in [9.17, 15) is 14.0 Å². The summed E-state index contributed by atoms with van der Waals surface area (Å²) in [7, 11) is 0. The van der Waals surface area contributed by atoms with Crippen LogP contribution in [0.3, 0.4) is 0 Å². The maximum absolute atomic E-state index is 13.0. The Hall–Kier alpha value is -3.21. The molecule has 5 heteroatoms. The van der Waals surface area contributed by atoms with Gasteiger partial charge >= 0.3 is 11.8 Å². The number of fused-ring (bicyclic) bond motifs is 1. The van der Waals surface area contributed by atoms with Crippen LogP contribution in [0.4, 0.5) is 10.1 Å². The lowest BCUT2D eigenvalue weighted by Gasteiger charge is -2.14. The average Bonchev–Trinajstić information content (AvgIpc) is 2.62. The Morgan fingerprint density at radius 2 is 1.56 bits per heavy atom. The number of hydrogen-bond acceptors (Lipinski definition) is 2. The molecular formula is C20H17FN2O2. The highest BCUT2D eigenvalue weighted by molar-refractivity contribution is 6.40. The first-order valence-electron chi connectivity index (χ1n) is 7.89. The lowest BCUT2D eigenvalue weighted by Crippen LogP contribution is -2.36. The molecule has 3 aromatic carbocycles. The lowest BCUT2D eigenvalue weighted by atomic mass is 10.1. The van der Waals surface area contributed by atoms with Crippen molar-refractivity contribution in [1.82, 2.24) is 5.32 Å². The van der Waals surface area contributed by atoms with Gasteiger partial charge in [-0.05, 0) is 36.1 Å². The van der Waals surface area contributed by atoms with Crippen molar-refractivity contribution in [2.24, 2.45) is 0 Å². The van der Waals surface area contributed by atoms with E-state index in [1.54, 1.807) is 25.1 Å². The van der Waals surface area contributed by atoms with Crippen LogP contribution in [0.5, 0.6) is 0 Å². The van der Waals surface area contributed by atoms with Gasteiger partial charge in [-0.25, -0.2) is 4.39 Å². The number of amides is 2. The normalized spacial score (nSPS) is 11.8. The van der Waals surface area contributed by atoms with Crippen molar-refractivity contribution in [3.63, 3.8) is 0 Å². The van der Waals surface area contributed by atoms with E-state index >= 15 is 0 Å². The minimum absolute atomic E-state index is 0.351. The molecule has 1 atom stereocenters. The van der Waals surface area contributed by atoms with Gasteiger partial charge < -0.3 is 10.6 Å². The molecule has 4 nitrogen and oxygen atoms in total. The molecule has 0 bridgehead atoms. The summed E-state index contributed by atoms with van der Waals surface area (Å²) < 4.78 is 13.0. The van der Waals surface area contributed by atoms with Gasteiger partial charge in [-0.1, -0.05) is 48.5 Å². The Morgan fingerprint density at radius 1 is 0.880 bits per heavy atom. The first-order valence-corrected chi connectivity index (χ1v) is 7.89. The summed E-state index contributed by atoms with van der Waals surface area (Å²) >= 11 is 0. The predicted octanol–water partition coefficient (Wildman–Crippen LogP) is 3.79. The fraction of sp³-hybridized carbons (Fsp3) is 0.100. The summed E-state index contributed by atoms with van der Waals surface area (Å²) in [5.74, 6) is -1.84. The Bertz CT molecular complexity index is 917. The Morgan fingerprint density at radius 3 is 2.32 bits per heavy atom. The van der Waals surface area contributed by atoms with Crippen molar-refractivity contribution in [3.05, 3.63) is 78.1 Å². The van der Waals surface area contributed by atoms with E-state index < -0.39 is 17.9 Å². The number of nitrogens with one attached hydrogen (secondary N) is 2. The predicted molar refractivity (Wildman–Crippen MR) is 95.5 cm³/mol. The number of halogens is 1. The maximum Gasteiger partial charge on any atom is 0.313 e. The van der Waals surface area contributed by atoms with Crippen LogP contribution in [0, 0.1) is 5.82 Å². The largest absolute Gasteiger partial charge is 0.341 e. The Balaban J connectivity index is 1.70. The van der Waals surface area contributed by atoms with Gasteiger partial charge in [-0.15, -0.1) is 0 Å². The van der Waals surface area contributed by atoms with Crippen LogP contribution in [0.1, 0.15) is 18.5 Å². The molecular weight excluding hydrogens is 319 g/mol. The van der Waals surface area contributed by atoms with Gasteiger partial charge in [-0.2, -0.15) is 0 Å². The summed E-state index contributed by atoms with van der Waals surface area (Å²) in [6.45, 7) is 1.73. The van der Waals surface area contributed by atoms with E-state index in [0.717, 1.165) is 10.8 Å². The number of rotatable bonds is 3. The average molecular weight is 336 g/mol. The minimum Gasteiger partial charge on any atom is -0.341 e. The second kappa shape index (κ2) is 7.13. The molecule has 3 rings (SSSR count). The number of carbonyl (C=O) groups is 2. The van der Waals surface area contributed by atoms with E-state index in [4.69, 9.17) is 0 Å². The first-order chi connectivity index (χ1) is 12.0. The number of carbonyl (C=O) groups excluding carboxylic acids is 2. The molecule has 0 saturated heterocycles. The van der Waals surface area contributed by atoms with E-state index in [2.05, 4.69) is 10.6 Å². The molecule has 0 fully saturated rings. The van der Waals surface area contributed by atoms with E-state index in [0.29, 0.717) is 11.3 Å². The third-order valence-electron chi connectivity index (χ3n) is 3.96. The highest BCUT2D eigenvalue weighted by atomic mass is 19.1. The molecule has 0 saturated carbocycles. The fourth-order valence-corrected chi connectivity index (χ4v) is 2.61. The van der Waals surface area contributed by atoms with Crippen LogP contribution < -0.4 is 10.6 Å². The second-order valence-electron chi connectivity index (χ2n) is 5.73. The molecule has 25 heavy (non-hydrogen) atoms. The topological polar surface area (TPSA) is 58.2 Å². The molecule has 0 aliphatic heterocycles. The molecule has 2 N–H and O–H groups in total. The molecule has 0 heterocycles. The third kappa shape index (κ3) is 3.83. The second-order valence-corrected chi connectivity index (χ2v) is 5.73. The summed E-state index contributed by atoms with van der Waals surface area (Å²) in [6.07, 6.45) is 0. The summed E-state index contributed by atoms with van der Waals surface area (Å²) in [4.78, 5) is 24.3. The summed E-state index contributed by atoms with van der Waals surface area (Å²) in [5.41, 5.74) is 1.29. The molecule has 3 aromatic rings. The van der Waals surface area contributed by atoms with Crippen molar-refractivity contribution in [3.8, 4) is 0 Å². The van der Waals surface area contributed by atoms with Crippen molar-refractivity contribution in [2.45, 2.75) is 13.0 Å². The smallest absolute Gasteiger partial charge is 0.313 e. The van der Waals surface area contributed by atoms with Gasteiger partial charge in [0.05, 0.1) is 6.04 Å². The Labute approximate surface area is 144 Å². The van der Waals surface area contributed by atoms with Gasteiger partial charge in [0.25, 0.3) is 0 Å². The highest BCUT2D eigenvalue weighted by Gasteiger charge is 2.18. The van der Waals surface area contributed by atoms with E-state index in [-0.39, 0.29) is 5.82 Å². The standard InChI is InChI=1S/C20H17FN2O2/c1-13(14-9-11-16(21)12-10-14)22-19(24)20(25)23-18-8-4-6-15-5-2-3-7-17(15)18/h2-13H,1H3,(H,22,24)(H,23,25)/t13-/m1/s1. The van der Waals surface area contributed by atoms with Gasteiger partial charge in [0, 0.05) is 11.1 Å². The van der Waals surface area contributed by atoms with Crippen molar-refractivity contribution in [2.75, 3.05) is 5.32 Å². The van der Waals surface area contributed by atoms with Crippen molar-refractivity contribution < 1.29 is 14.0 Å². The number of benzene rings is 3. The summed E-state index contributed by atoms with van der Waals surface area (Å²) in [5, 5.41) is 7.08.